The molecule has 0 fully saturated rings. The van der Waals surface area contributed by atoms with Gasteiger partial charge in [0, 0.05) is 18.2 Å². The molecule has 1 N–H and O–H groups in total. The highest BCUT2D eigenvalue weighted by Gasteiger charge is 2.28. The number of carbonyl (C=O) groups is 1. The Morgan fingerprint density at radius 2 is 2.21 bits per heavy atom. The largest absolute Gasteiger partial charge is 0.491 e. The van der Waals surface area contributed by atoms with Crippen molar-refractivity contribution in [1.82, 2.24) is 19.9 Å². The van der Waals surface area contributed by atoms with Gasteiger partial charge in [-0.3, -0.25) is 4.79 Å². The van der Waals surface area contributed by atoms with Crippen LogP contribution in [0.4, 0.5) is 10.2 Å². The van der Waals surface area contributed by atoms with E-state index < -0.39 is 0 Å². The molecule has 4 heterocycles. The molecule has 8 nitrogen and oxygen atoms in total. The van der Waals surface area contributed by atoms with Crippen LogP contribution >= 0.6 is 0 Å². The number of rotatable bonds is 0. The molecule has 9 heteroatoms. The number of hydrogen-bond acceptors (Lipinski definition) is 6. The Hall–Kier alpha value is -3.36. The fourth-order valence-corrected chi connectivity index (χ4v) is 3.57. The number of fused-ring (bicyclic) bond motifs is 1. The third-order valence-corrected chi connectivity index (χ3v) is 4.83. The highest BCUT2D eigenvalue weighted by atomic mass is 19.1. The van der Waals surface area contributed by atoms with E-state index in [0.29, 0.717) is 41.6 Å². The van der Waals surface area contributed by atoms with Crippen molar-refractivity contribution in [3.8, 4) is 11.5 Å². The summed E-state index contributed by atoms with van der Waals surface area (Å²) >= 11 is 0. The van der Waals surface area contributed by atoms with Crippen molar-refractivity contribution < 1.29 is 18.7 Å². The Kier molecular flexibility index (Phi) is 3.81. The van der Waals surface area contributed by atoms with Crippen molar-refractivity contribution >= 4 is 17.4 Å². The number of nitrogens with one attached hydrogen (secondary N) is 1. The molecule has 2 aliphatic rings. The normalized spacial score (nSPS) is 19.0. The van der Waals surface area contributed by atoms with Crippen LogP contribution in [-0.4, -0.2) is 46.3 Å². The number of ether oxygens (including phenoxy) is 2. The summed E-state index contributed by atoms with van der Waals surface area (Å²) in [5, 5.41) is 7.02. The van der Waals surface area contributed by atoms with Crippen LogP contribution in [0, 0.1) is 5.82 Å². The predicted molar refractivity (Wildman–Crippen MR) is 98.4 cm³/mol. The lowest BCUT2D eigenvalue weighted by Crippen LogP contribution is -2.39. The number of halogens is 1. The first-order valence-corrected chi connectivity index (χ1v) is 9.08. The molecule has 1 amide bonds. The fraction of sp³-hybridized carbons (Fsp3) is 0.316. The van der Waals surface area contributed by atoms with Gasteiger partial charge >= 0.3 is 0 Å². The molecule has 0 aliphatic carbocycles. The molecular weight excluding hydrogens is 365 g/mol. The summed E-state index contributed by atoms with van der Waals surface area (Å²) in [5.74, 6) is 1.00. The molecule has 5 rings (SSSR count). The first-order valence-electron chi connectivity index (χ1n) is 9.08. The standard InChI is InChI=1S/C19H18FN5O3/c1-11-8-24-9-12-2-3-13(20)6-15(12)27-5-4-21-19(26)14-7-22-25-10-16(28-11)18(24)23-17(14)25/h2-3,6-7,10-11H,4-5,8-9H2,1H3,(H,21,26)/t11-/m1/s1. The minimum absolute atomic E-state index is 0.0643. The van der Waals surface area contributed by atoms with Crippen LogP contribution in [0.15, 0.2) is 30.6 Å². The van der Waals surface area contributed by atoms with Crippen molar-refractivity contribution in [1.29, 1.82) is 0 Å². The zero-order chi connectivity index (χ0) is 19.3. The number of carbonyl (C=O) groups excluding carboxylic acids is 1. The molecular formula is C19H18FN5O3. The summed E-state index contributed by atoms with van der Waals surface area (Å²) in [4.78, 5) is 19.3. The van der Waals surface area contributed by atoms with E-state index in [1.807, 2.05) is 6.92 Å². The summed E-state index contributed by atoms with van der Waals surface area (Å²) in [6, 6.07) is 4.50. The van der Waals surface area contributed by atoms with Gasteiger partial charge in [-0.15, -0.1) is 0 Å². The van der Waals surface area contributed by atoms with E-state index in [1.54, 1.807) is 16.8 Å². The lowest BCUT2D eigenvalue weighted by Gasteiger charge is -2.34. The number of hydrogen-bond donors (Lipinski definition) is 1. The topological polar surface area (TPSA) is 81.0 Å². The van der Waals surface area contributed by atoms with Gasteiger partial charge in [-0.1, -0.05) is 6.07 Å². The Labute approximate surface area is 159 Å². The predicted octanol–water partition coefficient (Wildman–Crippen LogP) is 1.78. The van der Waals surface area contributed by atoms with Crippen molar-refractivity contribution in [2.24, 2.45) is 0 Å². The maximum Gasteiger partial charge on any atom is 0.256 e. The number of anilines is 1. The minimum Gasteiger partial charge on any atom is -0.491 e. The van der Waals surface area contributed by atoms with E-state index >= 15 is 0 Å². The zero-order valence-corrected chi connectivity index (χ0v) is 15.2. The van der Waals surface area contributed by atoms with Crippen LogP contribution in [0.3, 0.4) is 0 Å². The Morgan fingerprint density at radius 3 is 3.11 bits per heavy atom. The summed E-state index contributed by atoms with van der Waals surface area (Å²) in [6.07, 6.45) is 3.16. The van der Waals surface area contributed by atoms with E-state index in [0.717, 1.165) is 5.56 Å². The maximum atomic E-state index is 13.8. The highest BCUT2D eigenvalue weighted by molar-refractivity contribution is 5.99. The highest BCUT2D eigenvalue weighted by Crippen LogP contribution is 2.34. The molecule has 2 aliphatic heterocycles. The Bertz CT molecular complexity index is 1080. The number of benzene rings is 1. The van der Waals surface area contributed by atoms with E-state index in [4.69, 9.17) is 9.47 Å². The Balaban J connectivity index is 1.67. The molecule has 1 aromatic carbocycles. The third kappa shape index (κ3) is 2.79. The SMILES string of the molecule is C[C@@H]1CN2Cc3ccc(F)cc3OCCNC(=O)c3cnn4cc(c2nc34)O1. The maximum absolute atomic E-state index is 13.8. The van der Waals surface area contributed by atoms with Crippen LogP contribution in [0.25, 0.3) is 5.65 Å². The van der Waals surface area contributed by atoms with Crippen LogP contribution in [-0.2, 0) is 6.54 Å². The molecule has 1 atom stereocenters. The van der Waals surface area contributed by atoms with Gasteiger partial charge in [0.15, 0.2) is 17.2 Å². The average Bonchev–Trinajstić information content (AvgIpc) is 3.07. The summed E-state index contributed by atoms with van der Waals surface area (Å²) in [6.45, 7) is 3.55. The van der Waals surface area contributed by atoms with Crippen molar-refractivity contribution in [3.05, 3.63) is 47.5 Å². The molecule has 0 unspecified atom stereocenters. The fourth-order valence-electron chi connectivity index (χ4n) is 3.57. The van der Waals surface area contributed by atoms with E-state index in [2.05, 4.69) is 20.3 Å². The molecule has 144 valence electrons. The second kappa shape index (κ2) is 6.36. The monoisotopic (exact) mass is 383 g/mol. The quantitative estimate of drug-likeness (QED) is 0.637. The molecule has 2 aromatic heterocycles. The summed E-state index contributed by atoms with van der Waals surface area (Å²) < 4.78 is 27.0. The molecule has 0 saturated carbocycles. The van der Waals surface area contributed by atoms with Gasteiger partial charge in [-0.2, -0.15) is 5.10 Å². The number of aromatic nitrogens is 3. The smallest absolute Gasteiger partial charge is 0.256 e. The number of nitrogens with zero attached hydrogens (tertiary/aromatic N) is 4. The summed E-state index contributed by atoms with van der Waals surface area (Å²) in [7, 11) is 0. The van der Waals surface area contributed by atoms with E-state index in [-0.39, 0.29) is 31.0 Å². The van der Waals surface area contributed by atoms with Gasteiger partial charge in [0.25, 0.3) is 5.91 Å². The molecule has 3 aromatic rings. The van der Waals surface area contributed by atoms with Crippen molar-refractivity contribution in [2.45, 2.75) is 19.6 Å². The zero-order valence-electron chi connectivity index (χ0n) is 15.2. The molecule has 0 saturated heterocycles. The second-order valence-corrected chi connectivity index (χ2v) is 6.92. The average molecular weight is 383 g/mol. The van der Waals surface area contributed by atoms with Gasteiger partial charge in [0.05, 0.1) is 25.5 Å². The molecule has 0 spiro atoms. The van der Waals surface area contributed by atoms with Gasteiger partial charge in [-0.05, 0) is 13.0 Å². The van der Waals surface area contributed by atoms with Gasteiger partial charge in [0.1, 0.15) is 29.8 Å². The lowest BCUT2D eigenvalue weighted by molar-refractivity contribution is 0.0948. The van der Waals surface area contributed by atoms with Crippen molar-refractivity contribution in [3.63, 3.8) is 0 Å². The van der Waals surface area contributed by atoms with Crippen LogP contribution in [0.5, 0.6) is 11.5 Å². The van der Waals surface area contributed by atoms with Crippen molar-refractivity contribution in [2.75, 3.05) is 24.6 Å². The van der Waals surface area contributed by atoms with Crippen LogP contribution < -0.4 is 19.7 Å². The van der Waals surface area contributed by atoms with Gasteiger partial charge in [-0.25, -0.2) is 13.9 Å². The Morgan fingerprint density at radius 1 is 1.32 bits per heavy atom. The second-order valence-electron chi connectivity index (χ2n) is 6.92. The molecule has 2 bridgehead atoms. The minimum atomic E-state index is -0.370. The van der Waals surface area contributed by atoms with E-state index in [9.17, 15) is 9.18 Å². The van der Waals surface area contributed by atoms with Gasteiger partial charge < -0.3 is 19.7 Å². The third-order valence-electron chi connectivity index (χ3n) is 4.83. The lowest BCUT2D eigenvalue weighted by atomic mass is 10.1. The first-order chi connectivity index (χ1) is 13.6. The first kappa shape index (κ1) is 16.8. The molecule has 28 heavy (non-hydrogen) atoms. The van der Waals surface area contributed by atoms with Gasteiger partial charge in [0.2, 0.25) is 0 Å². The number of amides is 1. The van der Waals surface area contributed by atoms with Crippen LogP contribution in [0.2, 0.25) is 0 Å². The molecule has 0 radical (unpaired) electrons. The van der Waals surface area contributed by atoms with Crippen LogP contribution in [0.1, 0.15) is 22.8 Å². The summed E-state index contributed by atoms with van der Waals surface area (Å²) in [5.41, 5.74) is 1.67. The van der Waals surface area contributed by atoms with E-state index in [1.165, 1.54) is 18.3 Å².